The third kappa shape index (κ3) is 2.14. The van der Waals surface area contributed by atoms with Crippen LogP contribution in [0.3, 0.4) is 0 Å². The molecule has 2 rings (SSSR count). The van der Waals surface area contributed by atoms with Crippen LogP contribution in [0.5, 0.6) is 0 Å². The summed E-state index contributed by atoms with van der Waals surface area (Å²) in [5, 5.41) is 0. The molecular formula is C13H18O2. The van der Waals surface area contributed by atoms with Gasteiger partial charge in [0.2, 0.25) is 5.78 Å². The van der Waals surface area contributed by atoms with E-state index < -0.39 is 0 Å². The van der Waals surface area contributed by atoms with Gasteiger partial charge in [-0.1, -0.05) is 19.8 Å². The van der Waals surface area contributed by atoms with E-state index in [9.17, 15) is 4.79 Å². The largest absolute Gasteiger partial charge is 0.461 e. The van der Waals surface area contributed by atoms with Crippen molar-refractivity contribution in [2.45, 2.75) is 39.5 Å². The van der Waals surface area contributed by atoms with Gasteiger partial charge in [0, 0.05) is 5.92 Å². The first-order valence-electron chi connectivity index (χ1n) is 5.76. The molecule has 2 nitrogen and oxygen atoms in total. The Labute approximate surface area is 90.7 Å². The number of carbonyl (C=O) groups excluding carboxylic acids is 1. The van der Waals surface area contributed by atoms with E-state index >= 15 is 0 Å². The third-order valence-electron chi connectivity index (χ3n) is 3.39. The maximum atomic E-state index is 12.1. The van der Waals surface area contributed by atoms with Gasteiger partial charge in [0.25, 0.3) is 0 Å². The van der Waals surface area contributed by atoms with Crippen molar-refractivity contribution in [2.24, 2.45) is 11.8 Å². The van der Waals surface area contributed by atoms with Crippen molar-refractivity contribution in [2.75, 3.05) is 0 Å². The molecule has 2 atom stereocenters. The molecule has 0 amide bonds. The molecule has 2 unspecified atom stereocenters. The zero-order chi connectivity index (χ0) is 10.8. The molecule has 2 heteroatoms. The van der Waals surface area contributed by atoms with E-state index in [0.717, 1.165) is 18.4 Å². The smallest absolute Gasteiger partial charge is 0.201 e. The molecule has 0 aromatic carbocycles. The molecule has 1 heterocycles. The monoisotopic (exact) mass is 206 g/mol. The fourth-order valence-electron chi connectivity index (χ4n) is 2.48. The van der Waals surface area contributed by atoms with Crippen LogP contribution in [0, 0.1) is 18.8 Å². The van der Waals surface area contributed by atoms with Crippen molar-refractivity contribution in [1.82, 2.24) is 0 Å². The van der Waals surface area contributed by atoms with Gasteiger partial charge in [-0.15, -0.1) is 0 Å². The summed E-state index contributed by atoms with van der Waals surface area (Å²) >= 11 is 0. The van der Waals surface area contributed by atoms with Crippen molar-refractivity contribution < 1.29 is 9.21 Å². The Morgan fingerprint density at radius 2 is 2.27 bits per heavy atom. The standard InChI is InChI=1S/C13H18O2/c1-9-4-3-5-11(8-9)12(14)13-10(2)6-7-15-13/h6-7,9,11H,3-5,8H2,1-2H3. The van der Waals surface area contributed by atoms with E-state index in [0.29, 0.717) is 11.7 Å². The molecular weight excluding hydrogens is 188 g/mol. The van der Waals surface area contributed by atoms with Gasteiger partial charge < -0.3 is 4.42 Å². The number of rotatable bonds is 2. The lowest BCUT2D eigenvalue weighted by atomic mass is 9.79. The lowest BCUT2D eigenvalue weighted by Crippen LogP contribution is -2.21. The molecule has 1 aliphatic rings. The normalized spacial score (nSPS) is 26.5. The Kier molecular flexibility index (Phi) is 2.94. The molecule has 1 aliphatic carbocycles. The quantitative estimate of drug-likeness (QED) is 0.692. The zero-order valence-corrected chi connectivity index (χ0v) is 9.45. The predicted molar refractivity (Wildman–Crippen MR) is 58.9 cm³/mol. The summed E-state index contributed by atoms with van der Waals surface area (Å²) < 4.78 is 5.26. The number of ketones is 1. The van der Waals surface area contributed by atoms with Gasteiger partial charge in [-0.05, 0) is 37.3 Å². The SMILES string of the molecule is Cc1ccoc1C(=O)C1CCCC(C)C1. The first-order chi connectivity index (χ1) is 7.18. The Morgan fingerprint density at radius 3 is 2.87 bits per heavy atom. The first kappa shape index (κ1) is 10.5. The molecule has 82 valence electrons. The van der Waals surface area contributed by atoms with Crippen molar-refractivity contribution in [1.29, 1.82) is 0 Å². The lowest BCUT2D eigenvalue weighted by molar-refractivity contribution is 0.0838. The van der Waals surface area contributed by atoms with Crippen molar-refractivity contribution in [3.8, 4) is 0 Å². The van der Waals surface area contributed by atoms with Crippen LogP contribution in [-0.4, -0.2) is 5.78 Å². The number of hydrogen-bond acceptors (Lipinski definition) is 2. The highest BCUT2D eigenvalue weighted by Crippen LogP contribution is 2.31. The summed E-state index contributed by atoms with van der Waals surface area (Å²) in [7, 11) is 0. The van der Waals surface area contributed by atoms with Gasteiger partial charge in [0.15, 0.2) is 5.76 Å². The second-order valence-corrected chi connectivity index (χ2v) is 4.77. The van der Waals surface area contributed by atoms with Crippen molar-refractivity contribution in [3.63, 3.8) is 0 Å². The van der Waals surface area contributed by atoms with E-state index in [2.05, 4.69) is 6.92 Å². The molecule has 1 aromatic rings. The van der Waals surface area contributed by atoms with Crippen molar-refractivity contribution in [3.05, 3.63) is 23.7 Å². The van der Waals surface area contributed by atoms with E-state index in [1.807, 2.05) is 13.0 Å². The average molecular weight is 206 g/mol. The molecule has 15 heavy (non-hydrogen) atoms. The van der Waals surface area contributed by atoms with Crippen LogP contribution in [0.25, 0.3) is 0 Å². The Bertz CT molecular complexity index is 351. The summed E-state index contributed by atoms with van der Waals surface area (Å²) in [5.74, 6) is 1.67. The third-order valence-corrected chi connectivity index (χ3v) is 3.39. The summed E-state index contributed by atoms with van der Waals surface area (Å²) in [4.78, 5) is 12.1. The Hall–Kier alpha value is -1.05. The van der Waals surface area contributed by atoms with E-state index in [-0.39, 0.29) is 11.7 Å². The van der Waals surface area contributed by atoms with E-state index in [1.54, 1.807) is 6.26 Å². The molecule has 0 aliphatic heterocycles. The maximum absolute atomic E-state index is 12.1. The number of Topliss-reactive ketones (excluding diaryl/α,β-unsaturated/α-hetero) is 1. The van der Waals surface area contributed by atoms with Crippen LogP contribution in [0.1, 0.15) is 48.7 Å². The fourth-order valence-corrected chi connectivity index (χ4v) is 2.48. The highest BCUT2D eigenvalue weighted by molar-refractivity contribution is 5.96. The number of carbonyl (C=O) groups is 1. The Balaban J connectivity index is 2.11. The molecule has 0 N–H and O–H groups in total. The molecule has 1 aromatic heterocycles. The van der Waals surface area contributed by atoms with Gasteiger partial charge in [0.05, 0.1) is 6.26 Å². The van der Waals surface area contributed by atoms with Gasteiger partial charge in [-0.25, -0.2) is 0 Å². The first-order valence-corrected chi connectivity index (χ1v) is 5.76. The molecule has 1 saturated carbocycles. The molecule has 0 bridgehead atoms. The van der Waals surface area contributed by atoms with Crippen LogP contribution in [0.2, 0.25) is 0 Å². The van der Waals surface area contributed by atoms with E-state index in [1.165, 1.54) is 12.8 Å². The molecule has 0 saturated heterocycles. The predicted octanol–water partition coefficient (Wildman–Crippen LogP) is 3.60. The van der Waals surface area contributed by atoms with Crippen LogP contribution in [0.4, 0.5) is 0 Å². The molecule has 0 radical (unpaired) electrons. The minimum atomic E-state index is 0.193. The average Bonchev–Trinajstić information content (AvgIpc) is 2.63. The number of hydrogen-bond donors (Lipinski definition) is 0. The summed E-state index contributed by atoms with van der Waals surface area (Å²) in [6, 6.07) is 1.86. The van der Waals surface area contributed by atoms with Crippen LogP contribution in [-0.2, 0) is 0 Å². The molecule has 1 fully saturated rings. The minimum Gasteiger partial charge on any atom is -0.461 e. The van der Waals surface area contributed by atoms with Crippen LogP contribution in [0.15, 0.2) is 16.7 Å². The second-order valence-electron chi connectivity index (χ2n) is 4.77. The van der Waals surface area contributed by atoms with Crippen molar-refractivity contribution >= 4 is 5.78 Å². The fraction of sp³-hybridized carbons (Fsp3) is 0.615. The zero-order valence-electron chi connectivity index (χ0n) is 9.45. The summed E-state index contributed by atoms with van der Waals surface area (Å²) in [6.07, 6.45) is 6.11. The maximum Gasteiger partial charge on any atom is 0.201 e. The topological polar surface area (TPSA) is 30.2 Å². The lowest BCUT2D eigenvalue weighted by Gasteiger charge is -2.24. The van der Waals surface area contributed by atoms with Crippen LogP contribution < -0.4 is 0 Å². The van der Waals surface area contributed by atoms with E-state index in [4.69, 9.17) is 4.42 Å². The number of furan rings is 1. The Morgan fingerprint density at radius 1 is 1.47 bits per heavy atom. The van der Waals surface area contributed by atoms with Gasteiger partial charge in [0.1, 0.15) is 0 Å². The van der Waals surface area contributed by atoms with Gasteiger partial charge in [-0.2, -0.15) is 0 Å². The highest BCUT2D eigenvalue weighted by Gasteiger charge is 2.28. The summed E-state index contributed by atoms with van der Waals surface area (Å²) in [6.45, 7) is 4.16. The van der Waals surface area contributed by atoms with Crippen LogP contribution >= 0.6 is 0 Å². The van der Waals surface area contributed by atoms with Gasteiger partial charge >= 0.3 is 0 Å². The number of aryl methyl sites for hydroxylation is 1. The summed E-state index contributed by atoms with van der Waals surface area (Å²) in [5.41, 5.74) is 0.971. The minimum absolute atomic E-state index is 0.193. The highest BCUT2D eigenvalue weighted by atomic mass is 16.3. The second kappa shape index (κ2) is 4.21. The van der Waals surface area contributed by atoms with Gasteiger partial charge in [-0.3, -0.25) is 4.79 Å². The molecule has 0 spiro atoms.